The van der Waals surface area contributed by atoms with E-state index in [2.05, 4.69) is 20.6 Å². The number of hydrogen-bond donors (Lipinski definition) is 2. The highest BCUT2D eigenvalue weighted by atomic mass is 127. The Morgan fingerprint density at radius 3 is 2.31 bits per heavy atom. The summed E-state index contributed by atoms with van der Waals surface area (Å²) in [4.78, 5) is 7.87. The van der Waals surface area contributed by atoms with Crippen molar-refractivity contribution in [1.82, 2.24) is 9.97 Å². The van der Waals surface area contributed by atoms with Gasteiger partial charge in [-0.3, -0.25) is 0 Å². The minimum atomic E-state index is -4.59. The number of para-hydroxylation sites is 1. The van der Waals surface area contributed by atoms with Crippen molar-refractivity contribution in [3.63, 3.8) is 0 Å². The fourth-order valence-electron chi connectivity index (χ4n) is 2.45. The second-order valence-electron chi connectivity index (χ2n) is 6.37. The first kappa shape index (κ1) is 21.2. The van der Waals surface area contributed by atoms with Crippen molar-refractivity contribution in [2.75, 3.05) is 10.6 Å². The lowest BCUT2D eigenvalue weighted by molar-refractivity contribution is -0.137. The van der Waals surface area contributed by atoms with Crippen LogP contribution in [0.2, 0.25) is 0 Å². The van der Waals surface area contributed by atoms with Gasteiger partial charge < -0.3 is 15.4 Å². The molecule has 5 nitrogen and oxygen atoms in total. The number of alkyl halides is 3. The van der Waals surface area contributed by atoms with E-state index in [-0.39, 0.29) is 17.9 Å². The molecule has 0 amide bonds. The Kier molecular flexibility index (Phi) is 6.46. The first-order chi connectivity index (χ1) is 13.7. The molecule has 0 bridgehead atoms. The van der Waals surface area contributed by atoms with Crippen molar-refractivity contribution >= 4 is 45.7 Å². The van der Waals surface area contributed by atoms with Gasteiger partial charge in [0.05, 0.1) is 11.8 Å². The summed E-state index contributed by atoms with van der Waals surface area (Å²) in [5.74, 6) is 0.419. The smallest absolute Gasteiger partial charge is 0.421 e. The van der Waals surface area contributed by atoms with E-state index in [1.807, 2.05) is 36.4 Å². The Balaban J connectivity index is 1.87. The van der Waals surface area contributed by atoms with Gasteiger partial charge in [-0.05, 0) is 72.8 Å². The van der Waals surface area contributed by atoms with Gasteiger partial charge in [0.2, 0.25) is 5.95 Å². The van der Waals surface area contributed by atoms with Gasteiger partial charge in [0, 0.05) is 15.5 Å². The second kappa shape index (κ2) is 8.85. The lowest BCUT2D eigenvalue weighted by Crippen LogP contribution is -2.13. The molecule has 3 rings (SSSR count). The molecule has 0 aliphatic heterocycles. The molecule has 9 heteroatoms. The monoisotopic (exact) mass is 514 g/mol. The molecule has 0 unspecified atom stereocenters. The third-order valence-corrected chi connectivity index (χ3v) is 4.64. The summed E-state index contributed by atoms with van der Waals surface area (Å²) < 4.78 is 46.6. The highest BCUT2D eigenvalue weighted by Gasteiger charge is 2.35. The first-order valence-electron chi connectivity index (χ1n) is 8.72. The molecule has 0 atom stereocenters. The van der Waals surface area contributed by atoms with Crippen molar-refractivity contribution < 1.29 is 17.9 Å². The Morgan fingerprint density at radius 2 is 1.69 bits per heavy atom. The van der Waals surface area contributed by atoms with Crippen LogP contribution in [-0.4, -0.2) is 16.1 Å². The zero-order valence-electron chi connectivity index (χ0n) is 15.6. The van der Waals surface area contributed by atoms with Gasteiger partial charge in [-0.1, -0.05) is 12.1 Å². The average Bonchev–Trinajstić information content (AvgIpc) is 2.64. The SMILES string of the molecule is CC(C)Oc1ccc(Nc2ncc(C(F)(F)F)c(Nc3ccccc3I)n2)cc1. The van der Waals surface area contributed by atoms with Gasteiger partial charge in [0.1, 0.15) is 17.1 Å². The van der Waals surface area contributed by atoms with Gasteiger partial charge in [0.15, 0.2) is 0 Å². The van der Waals surface area contributed by atoms with Crippen LogP contribution in [0.1, 0.15) is 19.4 Å². The molecule has 1 aromatic heterocycles. The number of nitrogens with zero attached hydrogens (tertiary/aromatic N) is 2. The summed E-state index contributed by atoms with van der Waals surface area (Å²) in [6.45, 7) is 3.84. The molecule has 0 aliphatic carbocycles. The molecule has 0 radical (unpaired) electrons. The number of anilines is 4. The molecule has 2 aromatic carbocycles. The summed E-state index contributed by atoms with van der Waals surface area (Å²) in [7, 11) is 0. The van der Waals surface area contributed by atoms with Gasteiger partial charge in [-0.2, -0.15) is 18.2 Å². The van der Waals surface area contributed by atoms with E-state index in [9.17, 15) is 13.2 Å². The van der Waals surface area contributed by atoms with Gasteiger partial charge >= 0.3 is 6.18 Å². The van der Waals surface area contributed by atoms with E-state index < -0.39 is 11.7 Å². The van der Waals surface area contributed by atoms with E-state index >= 15 is 0 Å². The maximum absolute atomic E-state index is 13.4. The normalized spacial score (nSPS) is 11.4. The first-order valence-corrected chi connectivity index (χ1v) is 9.80. The summed E-state index contributed by atoms with van der Waals surface area (Å²) in [6, 6.07) is 14.0. The third-order valence-electron chi connectivity index (χ3n) is 3.70. The topological polar surface area (TPSA) is 59.1 Å². The predicted molar refractivity (Wildman–Crippen MR) is 115 cm³/mol. The fraction of sp³-hybridized carbons (Fsp3) is 0.200. The molecule has 29 heavy (non-hydrogen) atoms. The lowest BCUT2D eigenvalue weighted by atomic mass is 10.2. The lowest BCUT2D eigenvalue weighted by Gasteiger charge is -2.16. The Hall–Kier alpha value is -2.56. The van der Waals surface area contributed by atoms with E-state index in [0.717, 1.165) is 9.77 Å². The number of hydrogen-bond acceptors (Lipinski definition) is 5. The van der Waals surface area contributed by atoms with Crippen molar-refractivity contribution in [1.29, 1.82) is 0 Å². The minimum absolute atomic E-state index is 0.0430. The quantitative estimate of drug-likeness (QED) is 0.375. The summed E-state index contributed by atoms with van der Waals surface area (Å²) >= 11 is 2.04. The van der Waals surface area contributed by atoms with Crippen molar-refractivity contribution in [2.24, 2.45) is 0 Å². The summed E-state index contributed by atoms with van der Waals surface area (Å²) in [6.07, 6.45) is -3.78. The van der Waals surface area contributed by atoms with Crippen LogP contribution in [0.15, 0.2) is 54.7 Å². The molecule has 1 heterocycles. The highest BCUT2D eigenvalue weighted by molar-refractivity contribution is 14.1. The highest BCUT2D eigenvalue weighted by Crippen LogP contribution is 2.36. The molecular formula is C20H18F3IN4O. The zero-order valence-corrected chi connectivity index (χ0v) is 17.7. The maximum Gasteiger partial charge on any atom is 0.421 e. The van der Waals surface area contributed by atoms with E-state index in [1.54, 1.807) is 48.5 Å². The molecular weight excluding hydrogens is 496 g/mol. The number of ether oxygens (including phenoxy) is 1. The van der Waals surface area contributed by atoms with Crippen LogP contribution in [-0.2, 0) is 6.18 Å². The van der Waals surface area contributed by atoms with E-state index in [0.29, 0.717) is 17.1 Å². The van der Waals surface area contributed by atoms with Crippen molar-refractivity contribution in [3.05, 3.63) is 63.9 Å². The standard InChI is InChI=1S/C20H18F3IN4O/c1-12(2)29-14-9-7-13(8-10-14)26-19-25-11-15(20(21,22)23)18(28-19)27-17-6-4-3-5-16(17)24/h3-12H,1-2H3,(H2,25,26,27,28). The van der Waals surface area contributed by atoms with Gasteiger partial charge in [0.25, 0.3) is 0 Å². The molecule has 152 valence electrons. The van der Waals surface area contributed by atoms with Crippen molar-refractivity contribution in [2.45, 2.75) is 26.1 Å². The van der Waals surface area contributed by atoms with Gasteiger partial charge in [-0.25, -0.2) is 4.98 Å². The molecule has 0 spiro atoms. The Bertz CT molecular complexity index is 978. The molecule has 0 saturated heterocycles. The maximum atomic E-state index is 13.4. The fourth-order valence-corrected chi connectivity index (χ4v) is 2.98. The van der Waals surface area contributed by atoms with Crippen molar-refractivity contribution in [3.8, 4) is 5.75 Å². The van der Waals surface area contributed by atoms with Crippen LogP contribution in [0.25, 0.3) is 0 Å². The molecule has 0 fully saturated rings. The summed E-state index contributed by atoms with van der Waals surface area (Å²) in [5.41, 5.74) is 0.211. The minimum Gasteiger partial charge on any atom is -0.491 e. The molecule has 3 aromatic rings. The van der Waals surface area contributed by atoms with Crippen LogP contribution >= 0.6 is 22.6 Å². The molecule has 0 aliphatic rings. The average molecular weight is 514 g/mol. The number of nitrogens with one attached hydrogen (secondary N) is 2. The van der Waals surface area contributed by atoms with Crippen LogP contribution in [0, 0.1) is 3.57 Å². The summed E-state index contributed by atoms with van der Waals surface area (Å²) in [5, 5.41) is 5.68. The van der Waals surface area contributed by atoms with Crippen LogP contribution in [0.4, 0.5) is 36.3 Å². The number of rotatable bonds is 6. The molecule has 0 saturated carbocycles. The second-order valence-corrected chi connectivity index (χ2v) is 7.54. The van der Waals surface area contributed by atoms with Crippen LogP contribution in [0.3, 0.4) is 0 Å². The number of aromatic nitrogens is 2. The Labute approximate surface area is 179 Å². The van der Waals surface area contributed by atoms with E-state index in [1.165, 1.54) is 0 Å². The largest absolute Gasteiger partial charge is 0.491 e. The predicted octanol–water partition coefficient (Wildman–Crippen LogP) is 6.37. The number of benzene rings is 2. The Morgan fingerprint density at radius 1 is 1.00 bits per heavy atom. The third kappa shape index (κ3) is 5.72. The zero-order chi connectivity index (χ0) is 21.0. The van der Waals surface area contributed by atoms with E-state index in [4.69, 9.17) is 4.74 Å². The molecule has 2 N–H and O–H groups in total. The van der Waals surface area contributed by atoms with Crippen LogP contribution < -0.4 is 15.4 Å². The van der Waals surface area contributed by atoms with Gasteiger partial charge in [-0.15, -0.1) is 0 Å². The van der Waals surface area contributed by atoms with Crippen LogP contribution in [0.5, 0.6) is 5.75 Å². The number of halogens is 4.